The quantitative estimate of drug-likeness (QED) is 0.724. The lowest BCUT2D eigenvalue weighted by Crippen LogP contribution is -2.51. The van der Waals surface area contributed by atoms with E-state index in [0.29, 0.717) is 11.8 Å². The summed E-state index contributed by atoms with van der Waals surface area (Å²) in [6.07, 6.45) is 3.00. The minimum atomic E-state index is -0.0543. The SMILES string of the molecule is CSC(C)CCN1CC(=O)NCC1=O. The summed E-state index contributed by atoms with van der Waals surface area (Å²) in [5.74, 6) is -0.0284. The van der Waals surface area contributed by atoms with Crippen molar-refractivity contribution in [3.05, 3.63) is 0 Å². The lowest BCUT2D eigenvalue weighted by molar-refractivity contribution is -0.140. The number of carbonyl (C=O) groups is 2. The number of hydrogen-bond acceptors (Lipinski definition) is 3. The number of piperazine rings is 1. The van der Waals surface area contributed by atoms with Gasteiger partial charge in [0.15, 0.2) is 0 Å². The van der Waals surface area contributed by atoms with Crippen molar-refractivity contribution in [1.29, 1.82) is 0 Å². The van der Waals surface area contributed by atoms with E-state index in [2.05, 4.69) is 18.5 Å². The van der Waals surface area contributed by atoms with Crippen LogP contribution in [0.3, 0.4) is 0 Å². The van der Waals surface area contributed by atoms with Gasteiger partial charge >= 0.3 is 0 Å². The van der Waals surface area contributed by atoms with E-state index in [1.165, 1.54) is 0 Å². The molecular formula is C9H16N2O2S. The number of amides is 2. The van der Waals surface area contributed by atoms with E-state index < -0.39 is 0 Å². The van der Waals surface area contributed by atoms with Gasteiger partial charge in [-0.05, 0) is 12.7 Å². The van der Waals surface area contributed by atoms with Crippen LogP contribution in [-0.2, 0) is 9.59 Å². The Balaban J connectivity index is 2.34. The van der Waals surface area contributed by atoms with E-state index >= 15 is 0 Å². The van der Waals surface area contributed by atoms with E-state index in [-0.39, 0.29) is 24.9 Å². The smallest absolute Gasteiger partial charge is 0.242 e. The van der Waals surface area contributed by atoms with Gasteiger partial charge < -0.3 is 10.2 Å². The Labute approximate surface area is 88.4 Å². The molecule has 0 aliphatic carbocycles. The lowest BCUT2D eigenvalue weighted by atomic mass is 10.2. The van der Waals surface area contributed by atoms with Gasteiger partial charge in [-0.3, -0.25) is 9.59 Å². The fraction of sp³-hybridized carbons (Fsp3) is 0.778. The average Bonchev–Trinajstić information content (AvgIpc) is 2.19. The Kier molecular flexibility index (Phi) is 4.25. The van der Waals surface area contributed by atoms with Gasteiger partial charge in [-0.25, -0.2) is 0 Å². The van der Waals surface area contributed by atoms with Crippen LogP contribution in [0.1, 0.15) is 13.3 Å². The van der Waals surface area contributed by atoms with Gasteiger partial charge in [0, 0.05) is 11.8 Å². The summed E-state index contributed by atoms with van der Waals surface area (Å²) in [6, 6.07) is 0. The highest BCUT2D eigenvalue weighted by molar-refractivity contribution is 7.99. The van der Waals surface area contributed by atoms with Crippen LogP contribution in [0, 0.1) is 0 Å². The Morgan fingerprint density at radius 1 is 1.57 bits per heavy atom. The molecule has 0 radical (unpaired) electrons. The van der Waals surface area contributed by atoms with Crippen LogP contribution in [-0.4, -0.2) is 47.9 Å². The highest BCUT2D eigenvalue weighted by Gasteiger charge is 2.22. The normalized spacial score (nSPS) is 19.4. The molecule has 1 aliphatic heterocycles. The number of nitrogens with zero attached hydrogens (tertiary/aromatic N) is 1. The molecule has 0 saturated carbocycles. The highest BCUT2D eigenvalue weighted by Crippen LogP contribution is 2.10. The standard InChI is InChI=1S/C9H16N2O2S/c1-7(14-2)3-4-11-6-8(12)10-5-9(11)13/h7H,3-6H2,1-2H3,(H,10,12). The summed E-state index contributed by atoms with van der Waals surface area (Å²) in [6.45, 7) is 3.19. The Hall–Kier alpha value is -0.710. The fourth-order valence-electron chi connectivity index (χ4n) is 1.26. The molecule has 1 heterocycles. The number of hydrogen-bond donors (Lipinski definition) is 1. The highest BCUT2D eigenvalue weighted by atomic mass is 32.2. The van der Waals surface area contributed by atoms with Crippen molar-refractivity contribution >= 4 is 23.6 Å². The second-order valence-corrected chi connectivity index (χ2v) is 4.70. The van der Waals surface area contributed by atoms with Crippen LogP contribution in [0.25, 0.3) is 0 Å². The van der Waals surface area contributed by atoms with Crippen molar-refractivity contribution in [2.24, 2.45) is 0 Å². The van der Waals surface area contributed by atoms with Crippen LogP contribution in [0.2, 0.25) is 0 Å². The van der Waals surface area contributed by atoms with E-state index in [0.717, 1.165) is 6.42 Å². The van der Waals surface area contributed by atoms with Crippen molar-refractivity contribution in [3.63, 3.8) is 0 Å². The van der Waals surface area contributed by atoms with Gasteiger partial charge in [-0.2, -0.15) is 11.8 Å². The molecule has 0 aromatic rings. The van der Waals surface area contributed by atoms with Gasteiger partial charge in [0.05, 0.1) is 13.1 Å². The van der Waals surface area contributed by atoms with Gasteiger partial charge in [0.2, 0.25) is 11.8 Å². The van der Waals surface area contributed by atoms with Crippen LogP contribution in [0.15, 0.2) is 0 Å². The van der Waals surface area contributed by atoms with Crippen molar-refractivity contribution in [2.75, 3.05) is 25.9 Å². The molecule has 1 unspecified atom stereocenters. The van der Waals surface area contributed by atoms with Crippen LogP contribution >= 0.6 is 11.8 Å². The second-order valence-electron chi connectivity index (χ2n) is 3.43. The molecule has 1 rings (SSSR count). The Bertz CT molecular complexity index is 233. The Morgan fingerprint density at radius 3 is 2.93 bits per heavy atom. The minimum absolute atomic E-state index is 0.0258. The first-order valence-electron chi connectivity index (χ1n) is 4.70. The molecule has 80 valence electrons. The van der Waals surface area contributed by atoms with Gasteiger partial charge in [-0.1, -0.05) is 6.92 Å². The topological polar surface area (TPSA) is 49.4 Å². The summed E-state index contributed by atoms with van der Waals surface area (Å²) in [7, 11) is 0. The number of rotatable bonds is 4. The maximum atomic E-state index is 11.3. The molecule has 2 amide bonds. The van der Waals surface area contributed by atoms with Crippen molar-refractivity contribution in [2.45, 2.75) is 18.6 Å². The van der Waals surface area contributed by atoms with E-state index in [4.69, 9.17) is 0 Å². The molecule has 0 spiro atoms. The number of carbonyl (C=O) groups excluding carboxylic acids is 2. The maximum absolute atomic E-state index is 11.3. The molecule has 1 fully saturated rings. The average molecular weight is 216 g/mol. The van der Waals surface area contributed by atoms with E-state index in [1.807, 2.05) is 0 Å². The molecule has 0 aromatic carbocycles. The predicted octanol–water partition coefficient (Wildman–Crippen LogP) is 0.0864. The summed E-state index contributed by atoms with van der Waals surface area (Å²) in [5, 5.41) is 3.06. The summed E-state index contributed by atoms with van der Waals surface area (Å²) in [4.78, 5) is 24.0. The third-order valence-corrected chi connectivity index (χ3v) is 3.37. The molecule has 1 aliphatic rings. The molecule has 0 bridgehead atoms. The molecule has 4 nitrogen and oxygen atoms in total. The zero-order chi connectivity index (χ0) is 10.6. The van der Waals surface area contributed by atoms with E-state index in [9.17, 15) is 9.59 Å². The van der Waals surface area contributed by atoms with Gasteiger partial charge in [0.25, 0.3) is 0 Å². The molecule has 1 atom stereocenters. The zero-order valence-corrected chi connectivity index (χ0v) is 9.39. The van der Waals surface area contributed by atoms with Crippen LogP contribution < -0.4 is 5.32 Å². The monoisotopic (exact) mass is 216 g/mol. The van der Waals surface area contributed by atoms with Crippen LogP contribution in [0.5, 0.6) is 0 Å². The zero-order valence-electron chi connectivity index (χ0n) is 8.58. The third-order valence-electron chi connectivity index (χ3n) is 2.33. The van der Waals surface area contributed by atoms with Gasteiger partial charge in [-0.15, -0.1) is 0 Å². The molecular weight excluding hydrogens is 200 g/mol. The summed E-state index contributed by atoms with van der Waals surface area (Å²) in [5.41, 5.74) is 0. The first kappa shape index (κ1) is 11.4. The predicted molar refractivity (Wildman–Crippen MR) is 57.2 cm³/mol. The number of thioether (sulfide) groups is 1. The fourth-order valence-corrected chi connectivity index (χ4v) is 1.60. The summed E-state index contributed by atoms with van der Waals surface area (Å²) >= 11 is 1.78. The first-order valence-corrected chi connectivity index (χ1v) is 5.99. The maximum Gasteiger partial charge on any atom is 0.242 e. The van der Waals surface area contributed by atoms with Crippen LogP contribution in [0.4, 0.5) is 0 Å². The third kappa shape index (κ3) is 3.21. The van der Waals surface area contributed by atoms with Gasteiger partial charge in [0.1, 0.15) is 0 Å². The molecule has 0 aromatic heterocycles. The Morgan fingerprint density at radius 2 is 2.29 bits per heavy atom. The molecule has 1 N–H and O–H groups in total. The molecule has 14 heavy (non-hydrogen) atoms. The second kappa shape index (κ2) is 5.24. The largest absolute Gasteiger partial charge is 0.345 e. The first-order chi connectivity index (χ1) is 6.63. The van der Waals surface area contributed by atoms with E-state index in [1.54, 1.807) is 16.7 Å². The molecule has 1 saturated heterocycles. The minimum Gasteiger partial charge on any atom is -0.345 e. The van der Waals surface area contributed by atoms with Crippen molar-refractivity contribution < 1.29 is 9.59 Å². The molecule has 5 heteroatoms. The number of nitrogens with one attached hydrogen (secondary N) is 1. The van der Waals surface area contributed by atoms with Crippen molar-refractivity contribution in [3.8, 4) is 0 Å². The lowest BCUT2D eigenvalue weighted by Gasteiger charge is -2.27. The van der Waals surface area contributed by atoms with Crippen molar-refractivity contribution in [1.82, 2.24) is 10.2 Å². The summed E-state index contributed by atoms with van der Waals surface area (Å²) < 4.78 is 0.